The fraction of sp³-hybridized carbons (Fsp3) is 0.750. The van der Waals surface area contributed by atoms with Crippen molar-refractivity contribution < 1.29 is 9.47 Å². The third-order valence-corrected chi connectivity index (χ3v) is 2.45. The molecule has 1 unspecified atom stereocenters. The first kappa shape index (κ1) is 8.78. The van der Waals surface area contributed by atoms with Crippen LogP contribution in [0.5, 0.6) is 0 Å². The van der Waals surface area contributed by atoms with Gasteiger partial charge in [-0.15, -0.1) is 0 Å². The molecule has 0 N–H and O–H groups in total. The summed E-state index contributed by atoms with van der Waals surface area (Å²) in [4.78, 5) is 0. The van der Waals surface area contributed by atoms with Crippen molar-refractivity contribution >= 4 is 11.8 Å². The van der Waals surface area contributed by atoms with Gasteiger partial charge in [0.1, 0.15) is 12.7 Å². The van der Waals surface area contributed by atoms with Gasteiger partial charge in [-0.3, -0.25) is 0 Å². The largest absolute Gasteiger partial charge is 0.462 e. The molecule has 1 rings (SSSR count). The summed E-state index contributed by atoms with van der Waals surface area (Å²) in [7, 11) is 0. The molecule has 0 aromatic carbocycles. The number of hydrogen-bond acceptors (Lipinski definition) is 3. The molecule has 0 spiro atoms. The Labute approximate surface area is 71.9 Å². The van der Waals surface area contributed by atoms with Crippen LogP contribution in [0, 0.1) is 0 Å². The zero-order valence-corrected chi connectivity index (χ0v) is 7.65. The summed E-state index contributed by atoms with van der Waals surface area (Å²) in [5.41, 5.74) is 0. The minimum absolute atomic E-state index is 0.251. The lowest BCUT2D eigenvalue weighted by molar-refractivity contribution is 0.142. The maximum absolute atomic E-state index is 5.28. The maximum atomic E-state index is 5.28. The first-order valence-corrected chi connectivity index (χ1v) is 5.04. The van der Waals surface area contributed by atoms with E-state index in [1.165, 1.54) is 5.75 Å². The van der Waals surface area contributed by atoms with E-state index in [0.29, 0.717) is 12.6 Å². The molecule has 11 heavy (non-hydrogen) atoms. The fourth-order valence-corrected chi connectivity index (χ4v) is 1.66. The molecule has 64 valence electrons. The van der Waals surface area contributed by atoms with Gasteiger partial charge < -0.3 is 9.47 Å². The van der Waals surface area contributed by atoms with E-state index in [9.17, 15) is 0 Å². The van der Waals surface area contributed by atoms with Crippen LogP contribution in [0.3, 0.4) is 0 Å². The Kier molecular flexibility index (Phi) is 3.63. The Morgan fingerprint density at radius 1 is 1.73 bits per heavy atom. The molecule has 1 heterocycles. The second-order valence-electron chi connectivity index (χ2n) is 2.41. The Balaban J connectivity index is 2.04. The molecule has 0 saturated carbocycles. The Hall–Kier alpha value is -0.310. The van der Waals surface area contributed by atoms with E-state index in [1.54, 1.807) is 0 Å². The lowest BCUT2D eigenvalue weighted by Crippen LogP contribution is -2.09. The molecule has 0 aromatic rings. The van der Waals surface area contributed by atoms with Crippen LogP contribution in [0.1, 0.15) is 13.3 Å². The monoisotopic (exact) mass is 174 g/mol. The van der Waals surface area contributed by atoms with Gasteiger partial charge in [0.25, 0.3) is 5.95 Å². The predicted octanol–water partition coefficient (Wildman–Crippen LogP) is 2.02. The quantitative estimate of drug-likeness (QED) is 0.607. The van der Waals surface area contributed by atoms with Crippen molar-refractivity contribution in [2.75, 3.05) is 18.1 Å². The summed E-state index contributed by atoms with van der Waals surface area (Å²) in [6.07, 6.45) is 1.32. The van der Waals surface area contributed by atoms with Gasteiger partial charge in [0, 0.05) is 0 Å². The van der Waals surface area contributed by atoms with Gasteiger partial charge in [-0.25, -0.2) is 0 Å². The molecule has 3 heteroatoms. The molecule has 1 fully saturated rings. The Morgan fingerprint density at radius 3 is 3.09 bits per heavy atom. The molecule has 0 bridgehead atoms. The van der Waals surface area contributed by atoms with E-state index < -0.39 is 0 Å². The van der Waals surface area contributed by atoms with E-state index in [2.05, 4.69) is 13.5 Å². The van der Waals surface area contributed by atoms with E-state index in [4.69, 9.17) is 9.47 Å². The van der Waals surface area contributed by atoms with Crippen molar-refractivity contribution in [2.24, 2.45) is 0 Å². The molecule has 1 atom stereocenters. The zero-order valence-electron chi connectivity index (χ0n) is 6.84. The van der Waals surface area contributed by atoms with Gasteiger partial charge in [-0.1, -0.05) is 6.92 Å². The van der Waals surface area contributed by atoms with Crippen LogP contribution in [0.25, 0.3) is 0 Å². The van der Waals surface area contributed by atoms with Crippen molar-refractivity contribution in [1.82, 2.24) is 0 Å². The van der Waals surface area contributed by atoms with Crippen molar-refractivity contribution in [3.8, 4) is 0 Å². The molecule has 1 aliphatic rings. The highest BCUT2D eigenvalue weighted by molar-refractivity contribution is 7.99. The lowest BCUT2D eigenvalue weighted by Gasteiger charge is -2.04. The van der Waals surface area contributed by atoms with Crippen LogP contribution in [0.4, 0.5) is 0 Å². The van der Waals surface area contributed by atoms with Crippen molar-refractivity contribution in [3.05, 3.63) is 12.5 Å². The molecule has 0 aliphatic carbocycles. The molecule has 2 nitrogen and oxygen atoms in total. The van der Waals surface area contributed by atoms with Crippen LogP contribution in [-0.2, 0) is 9.47 Å². The minimum Gasteiger partial charge on any atom is -0.462 e. The molecule has 0 amide bonds. The molecule has 1 saturated heterocycles. The van der Waals surface area contributed by atoms with Crippen molar-refractivity contribution in [3.63, 3.8) is 0 Å². The van der Waals surface area contributed by atoms with Gasteiger partial charge in [0.15, 0.2) is 0 Å². The first-order chi connectivity index (χ1) is 5.33. The number of hydrogen-bond donors (Lipinski definition) is 0. The molecule has 1 aliphatic heterocycles. The normalized spacial score (nSPS) is 23.0. The fourth-order valence-electron chi connectivity index (χ4n) is 0.941. The van der Waals surface area contributed by atoms with Crippen LogP contribution >= 0.6 is 11.8 Å². The summed E-state index contributed by atoms with van der Waals surface area (Å²) in [6, 6.07) is 0. The smallest absolute Gasteiger partial charge is 0.272 e. The predicted molar refractivity (Wildman–Crippen MR) is 47.6 cm³/mol. The summed E-state index contributed by atoms with van der Waals surface area (Å²) in [6.45, 7) is 6.43. The minimum atomic E-state index is 0.251. The second kappa shape index (κ2) is 4.54. The summed E-state index contributed by atoms with van der Waals surface area (Å²) >= 11 is 1.93. The maximum Gasteiger partial charge on any atom is 0.272 e. The number of rotatable bonds is 4. The third-order valence-electron chi connectivity index (χ3n) is 1.52. The molecular formula is C8H14O2S. The highest BCUT2D eigenvalue weighted by Crippen LogP contribution is 2.17. The summed E-state index contributed by atoms with van der Waals surface area (Å²) < 4.78 is 10.3. The van der Waals surface area contributed by atoms with Crippen molar-refractivity contribution in [2.45, 2.75) is 19.4 Å². The number of ether oxygens (including phenoxy) is 2. The van der Waals surface area contributed by atoms with Crippen LogP contribution in [0.2, 0.25) is 0 Å². The van der Waals surface area contributed by atoms with Crippen LogP contribution in [-0.4, -0.2) is 24.2 Å². The Bertz CT molecular complexity index is 136. The zero-order chi connectivity index (χ0) is 8.10. The Morgan fingerprint density at radius 2 is 2.55 bits per heavy atom. The van der Waals surface area contributed by atoms with E-state index >= 15 is 0 Å². The van der Waals surface area contributed by atoms with E-state index in [0.717, 1.165) is 12.2 Å². The van der Waals surface area contributed by atoms with Gasteiger partial charge in [-0.05, 0) is 24.5 Å². The average molecular weight is 174 g/mol. The third kappa shape index (κ3) is 3.06. The summed E-state index contributed by atoms with van der Waals surface area (Å²) in [5, 5.41) is 0. The first-order valence-electron chi connectivity index (χ1n) is 3.89. The van der Waals surface area contributed by atoms with E-state index in [1.807, 2.05) is 11.8 Å². The van der Waals surface area contributed by atoms with Crippen LogP contribution in [0.15, 0.2) is 12.5 Å². The topological polar surface area (TPSA) is 18.5 Å². The average Bonchev–Trinajstić information content (AvgIpc) is 2.37. The van der Waals surface area contributed by atoms with Gasteiger partial charge in [0.05, 0.1) is 0 Å². The van der Waals surface area contributed by atoms with E-state index in [-0.39, 0.29) is 6.10 Å². The second-order valence-corrected chi connectivity index (χ2v) is 3.80. The van der Waals surface area contributed by atoms with Gasteiger partial charge in [0.2, 0.25) is 0 Å². The molecular weight excluding hydrogens is 160 g/mol. The number of thioether (sulfide) groups is 1. The SMILES string of the molecule is C=C1OCC(CCSCC)O1. The van der Waals surface area contributed by atoms with Gasteiger partial charge >= 0.3 is 0 Å². The standard InChI is InChI=1S/C8H14O2S/c1-3-11-5-4-8-6-9-7(2)10-8/h8H,2-6H2,1H3. The van der Waals surface area contributed by atoms with Crippen molar-refractivity contribution in [1.29, 1.82) is 0 Å². The molecule has 0 radical (unpaired) electrons. The lowest BCUT2D eigenvalue weighted by atomic mass is 10.3. The highest BCUT2D eigenvalue weighted by Gasteiger charge is 2.19. The highest BCUT2D eigenvalue weighted by atomic mass is 32.2. The molecule has 0 aromatic heterocycles. The van der Waals surface area contributed by atoms with Gasteiger partial charge in [-0.2, -0.15) is 11.8 Å². The summed E-state index contributed by atoms with van der Waals surface area (Å²) in [5.74, 6) is 2.81. The van der Waals surface area contributed by atoms with Crippen LogP contribution < -0.4 is 0 Å².